The monoisotopic (exact) mass is 428 g/mol. The van der Waals surface area contributed by atoms with E-state index in [-0.39, 0.29) is 18.5 Å². The summed E-state index contributed by atoms with van der Waals surface area (Å²) in [5, 5.41) is 3.09. The molecule has 0 aromatic heterocycles. The molecule has 5 nitrogen and oxygen atoms in total. The van der Waals surface area contributed by atoms with Crippen molar-refractivity contribution < 1.29 is 19.1 Å². The molecule has 6 heteroatoms. The van der Waals surface area contributed by atoms with Crippen LogP contribution in [0.4, 0.5) is 5.69 Å². The molecule has 0 spiro atoms. The van der Waals surface area contributed by atoms with Gasteiger partial charge in [0.15, 0.2) is 6.16 Å². The number of benzene rings is 2. The van der Waals surface area contributed by atoms with Crippen LogP contribution in [0.25, 0.3) is 0 Å². The van der Waals surface area contributed by atoms with Crippen molar-refractivity contribution in [2.75, 3.05) is 37.1 Å². The fraction of sp³-hybridized carbons (Fsp3) is 0.417. The van der Waals surface area contributed by atoms with Crippen molar-refractivity contribution in [3.8, 4) is 5.75 Å². The Morgan fingerprint density at radius 1 is 1.00 bits per heavy atom. The van der Waals surface area contributed by atoms with Crippen molar-refractivity contribution in [3.05, 3.63) is 59.2 Å². The summed E-state index contributed by atoms with van der Waals surface area (Å²) < 4.78 is 10.8. The number of methoxy groups -OCH3 is 1. The molecule has 3 rings (SSSR count). The molecular weight excluding hydrogens is 397 g/mol. The first kappa shape index (κ1) is 22.3. The lowest BCUT2D eigenvalue weighted by molar-refractivity contribution is -0.141. The maximum atomic E-state index is 12.9. The minimum Gasteiger partial charge on any atom is -0.497 e. The van der Waals surface area contributed by atoms with E-state index >= 15 is 0 Å². The standard InChI is InChI=1S/C24H30NO4P/c1-18-13-21(28-3)14-19(2)24(18)25-22(26)16-30(11-7-8-12-30)17-23(27)29-15-20-9-5-4-6-10-20/h4-6,9-10,13-14H,7-8,11-12,15-17H2,1-3H3/p+1. The number of ether oxygens (including phenoxy) is 2. The predicted octanol–water partition coefficient (Wildman–Crippen LogP) is 4.81. The second kappa shape index (κ2) is 10.1. The molecule has 1 amide bonds. The summed E-state index contributed by atoms with van der Waals surface area (Å²) in [6.45, 7) is 4.22. The first-order valence-electron chi connectivity index (χ1n) is 10.4. The van der Waals surface area contributed by atoms with Gasteiger partial charge in [0, 0.05) is 12.9 Å². The number of carbonyl (C=O) groups excluding carboxylic acids is 2. The Kier molecular flexibility index (Phi) is 7.49. The van der Waals surface area contributed by atoms with E-state index in [2.05, 4.69) is 5.32 Å². The van der Waals surface area contributed by atoms with Gasteiger partial charge in [0.2, 0.25) is 0 Å². The minimum absolute atomic E-state index is 0.00235. The van der Waals surface area contributed by atoms with Gasteiger partial charge in [-0.2, -0.15) is 0 Å². The third kappa shape index (κ3) is 5.82. The summed E-state index contributed by atoms with van der Waals surface area (Å²) in [5.41, 5.74) is 3.76. The zero-order chi connectivity index (χ0) is 21.6. The Morgan fingerprint density at radius 2 is 1.63 bits per heavy atom. The molecule has 2 aromatic carbocycles. The van der Waals surface area contributed by atoms with Gasteiger partial charge < -0.3 is 14.8 Å². The smallest absolute Gasteiger partial charge is 0.344 e. The maximum Gasteiger partial charge on any atom is 0.344 e. The molecule has 1 aliphatic heterocycles. The van der Waals surface area contributed by atoms with Gasteiger partial charge in [0.25, 0.3) is 5.91 Å². The van der Waals surface area contributed by atoms with Crippen LogP contribution >= 0.6 is 7.26 Å². The number of anilines is 1. The van der Waals surface area contributed by atoms with E-state index in [1.807, 2.05) is 56.3 Å². The van der Waals surface area contributed by atoms with Gasteiger partial charge in [0.1, 0.15) is 18.5 Å². The normalized spacial score (nSPS) is 14.9. The van der Waals surface area contributed by atoms with Crippen molar-refractivity contribution in [2.24, 2.45) is 0 Å². The predicted molar refractivity (Wildman–Crippen MR) is 123 cm³/mol. The molecule has 0 atom stereocenters. The van der Waals surface area contributed by atoms with Gasteiger partial charge >= 0.3 is 5.97 Å². The third-order valence-electron chi connectivity index (χ3n) is 5.71. The van der Waals surface area contributed by atoms with E-state index in [9.17, 15) is 9.59 Å². The highest BCUT2D eigenvalue weighted by molar-refractivity contribution is 7.77. The van der Waals surface area contributed by atoms with E-state index in [0.29, 0.717) is 12.3 Å². The summed E-state index contributed by atoms with van der Waals surface area (Å²) in [6, 6.07) is 13.5. The molecule has 1 fully saturated rings. The van der Waals surface area contributed by atoms with Crippen LogP contribution < -0.4 is 10.1 Å². The van der Waals surface area contributed by atoms with E-state index in [1.165, 1.54) is 0 Å². The van der Waals surface area contributed by atoms with Crippen LogP contribution in [0.2, 0.25) is 0 Å². The molecule has 0 aliphatic carbocycles. The quantitative estimate of drug-likeness (QED) is 0.484. The number of hydrogen-bond donors (Lipinski definition) is 1. The summed E-state index contributed by atoms with van der Waals surface area (Å²) in [5.74, 6) is 0.597. The van der Waals surface area contributed by atoms with Gasteiger partial charge in [-0.25, -0.2) is 4.79 Å². The van der Waals surface area contributed by atoms with E-state index in [4.69, 9.17) is 9.47 Å². The van der Waals surface area contributed by atoms with Crippen LogP contribution in [0.3, 0.4) is 0 Å². The number of carbonyl (C=O) groups is 2. The van der Waals surface area contributed by atoms with Crippen molar-refractivity contribution in [1.82, 2.24) is 0 Å². The molecule has 1 N–H and O–H groups in total. The topological polar surface area (TPSA) is 64.6 Å². The highest BCUT2D eigenvalue weighted by Gasteiger charge is 2.45. The molecule has 160 valence electrons. The number of amides is 1. The molecule has 0 radical (unpaired) electrons. The van der Waals surface area contributed by atoms with E-state index in [1.54, 1.807) is 7.11 Å². The van der Waals surface area contributed by atoms with Crippen molar-refractivity contribution in [3.63, 3.8) is 0 Å². The first-order valence-corrected chi connectivity index (χ1v) is 12.9. The lowest BCUT2D eigenvalue weighted by Crippen LogP contribution is -2.25. The lowest BCUT2D eigenvalue weighted by atomic mass is 10.1. The molecule has 30 heavy (non-hydrogen) atoms. The van der Waals surface area contributed by atoms with Crippen LogP contribution in [0.5, 0.6) is 5.75 Å². The Labute approximate surface area is 179 Å². The number of aryl methyl sites for hydroxylation is 2. The van der Waals surface area contributed by atoms with Crippen LogP contribution in [0.1, 0.15) is 29.5 Å². The fourth-order valence-corrected chi connectivity index (χ4v) is 8.24. The number of rotatable bonds is 8. The highest BCUT2D eigenvalue weighted by atomic mass is 31.2. The van der Waals surface area contributed by atoms with Gasteiger partial charge in [-0.15, -0.1) is 0 Å². The molecule has 1 aliphatic rings. The van der Waals surface area contributed by atoms with Crippen molar-refractivity contribution >= 4 is 24.8 Å². The van der Waals surface area contributed by atoms with E-state index < -0.39 is 7.26 Å². The van der Waals surface area contributed by atoms with Crippen molar-refractivity contribution in [1.29, 1.82) is 0 Å². The Morgan fingerprint density at radius 3 is 2.23 bits per heavy atom. The Bertz CT molecular complexity index is 868. The average Bonchev–Trinajstić information content (AvgIpc) is 3.17. The summed E-state index contributed by atoms with van der Waals surface area (Å²) in [4.78, 5) is 25.5. The fourth-order valence-electron chi connectivity index (χ4n) is 4.16. The molecule has 0 unspecified atom stereocenters. The number of nitrogens with one attached hydrogen (secondary N) is 1. The van der Waals surface area contributed by atoms with Gasteiger partial charge in [0.05, 0.1) is 19.4 Å². The third-order valence-corrected chi connectivity index (χ3v) is 10.1. The molecule has 1 heterocycles. The summed E-state index contributed by atoms with van der Waals surface area (Å²) in [6.07, 6.45) is 5.00. The zero-order valence-electron chi connectivity index (χ0n) is 18.1. The molecular formula is C24H31NO4P+. The number of esters is 1. The van der Waals surface area contributed by atoms with Gasteiger partial charge in [-0.3, -0.25) is 4.79 Å². The second-order valence-corrected chi connectivity index (χ2v) is 12.4. The zero-order valence-corrected chi connectivity index (χ0v) is 19.0. The van der Waals surface area contributed by atoms with Gasteiger partial charge in [-0.05, 0) is 55.5 Å². The van der Waals surface area contributed by atoms with Crippen LogP contribution in [0.15, 0.2) is 42.5 Å². The SMILES string of the molecule is COc1cc(C)c(NC(=O)C[P+]2(CC(=O)OCc3ccccc3)CCCC2)c(C)c1. The summed E-state index contributed by atoms with van der Waals surface area (Å²) >= 11 is 0. The molecule has 0 saturated carbocycles. The highest BCUT2D eigenvalue weighted by Crippen LogP contribution is 2.63. The Balaban J connectivity index is 1.62. The van der Waals surface area contributed by atoms with Crippen LogP contribution in [-0.4, -0.2) is 43.6 Å². The van der Waals surface area contributed by atoms with Gasteiger partial charge in [-0.1, -0.05) is 30.3 Å². The largest absolute Gasteiger partial charge is 0.497 e. The molecule has 1 saturated heterocycles. The first-order chi connectivity index (χ1) is 14.4. The Hall–Kier alpha value is -2.39. The molecule has 0 bridgehead atoms. The van der Waals surface area contributed by atoms with Crippen LogP contribution in [-0.2, 0) is 20.9 Å². The van der Waals surface area contributed by atoms with Crippen molar-refractivity contribution in [2.45, 2.75) is 33.3 Å². The summed E-state index contributed by atoms with van der Waals surface area (Å²) in [7, 11) is -0.0376. The lowest BCUT2D eigenvalue weighted by Gasteiger charge is -2.22. The second-order valence-electron chi connectivity index (χ2n) is 8.14. The van der Waals surface area contributed by atoms with E-state index in [0.717, 1.165) is 53.3 Å². The number of hydrogen-bond acceptors (Lipinski definition) is 4. The van der Waals surface area contributed by atoms with Crippen LogP contribution in [0, 0.1) is 13.8 Å². The minimum atomic E-state index is -1.67. The molecule has 2 aromatic rings. The average molecular weight is 428 g/mol. The maximum absolute atomic E-state index is 12.9.